The first-order chi connectivity index (χ1) is 64.2. The van der Waals surface area contributed by atoms with Crippen molar-refractivity contribution in [1.82, 2.24) is 71.8 Å². The number of hydrogen-bond acceptors (Lipinski definition) is 24. The van der Waals surface area contributed by atoms with Gasteiger partial charge in [-0.2, -0.15) is 0 Å². The van der Waals surface area contributed by atoms with Crippen molar-refractivity contribution in [3.63, 3.8) is 0 Å². The average molecular weight is 2110 g/mol. The van der Waals surface area contributed by atoms with E-state index < -0.39 is 0 Å². The summed E-state index contributed by atoms with van der Waals surface area (Å²) in [5, 5.41) is 70.8. The number of fused-ring (bicyclic) bond motifs is 5. The number of aliphatic hydroxyl groups excluding tert-OH is 4. The third kappa shape index (κ3) is 24.9. The third-order valence-electron chi connectivity index (χ3n) is 25.2. The maximum atomic E-state index is 9.91. The molecular formula is C98H118Br5N25O4. The van der Waals surface area contributed by atoms with Gasteiger partial charge in [0.05, 0.1) is 100 Å². The fraction of sp³-hybridized carbons (Fsp3) is 0.388. The molecule has 15 aromatic heterocycles. The van der Waals surface area contributed by atoms with Crippen LogP contribution in [-0.4, -0.2) is 155 Å². The van der Waals surface area contributed by atoms with E-state index in [4.69, 9.17) is 0 Å². The molecule has 29 nitrogen and oxygen atoms in total. The Morgan fingerprint density at radius 3 is 1.03 bits per heavy atom. The second-order valence-corrected chi connectivity index (χ2v) is 38.4. The number of hydrogen-bond donors (Lipinski definition) is 13. The highest BCUT2D eigenvalue weighted by Gasteiger charge is 2.34. The van der Waals surface area contributed by atoms with E-state index in [1.807, 2.05) is 112 Å². The van der Waals surface area contributed by atoms with Gasteiger partial charge in [0.1, 0.15) is 23.0 Å². The van der Waals surface area contributed by atoms with Crippen molar-refractivity contribution < 1.29 is 20.4 Å². The maximum absolute atomic E-state index is 9.91. The number of imidazole rings is 5. The van der Waals surface area contributed by atoms with Crippen molar-refractivity contribution in [3.05, 3.63) is 266 Å². The van der Waals surface area contributed by atoms with Crippen LogP contribution in [0.3, 0.4) is 0 Å². The highest BCUT2D eigenvalue weighted by Crippen LogP contribution is 2.39. The van der Waals surface area contributed by atoms with Gasteiger partial charge in [-0.15, -0.1) is 0 Å². The molecule has 0 radical (unpaired) electrons. The Morgan fingerprint density at radius 2 is 0.682 bits per heavy atom. The summed E-state index contributed by atoms with van der Waals surface area (Å²) >= 11 is 17.9. The standard InChI is InChI=1S/3C20H24BrN5O.C19H22BrN5O.C18H20BrN5.CH4/c21-19-13-24-20-18(23-12-15-4-3-7-22-11-15)10-17(14-26(19)20)25-8-2-1-5-16(25)6-9-27;2*21-19-11-24-20-18(23-10-14-4-3-7-22-9-14)8-16(12-26(19)20)25-17-6-2-1-5-15(17)13-27;20-17-11-23-18-16(22-10-14-4-3-7-21-9-14)8-15(12-25(17)18)24-19(13-26)5-1-2-6-19;19-17-11-22-18-16(21-10-13-4-3-7-20-9-13)8-15(12-24(17)18)23-14-5-1-2-6-14;/h3-4,7,10-11,13-14,16,23,27H,1-2,5-6,8-9,12H2;2*3-4,7-9,11-12,15,17,23,25,27H,1-2,5-6,10,13H2;3-4,7-9,11-12,22,24,26H,1-2,5-6,10,13H2;3-4,7-9,11-12,14,21,23H,1-2,5-6,10H2;1H4/t;15-,17+;15-,17-;;;/m.10.../s1. The second-order valence-electron chi connectivity index (χ2n) is 34.3. The minimum absolute atomic E-state index is 0. The van der Waals surface area contributed by atoms with Crippen LogP contribution in [0.2, 0.25) is 0 Å². The zero-order valence-corrected chi connectivity index (χ0v) is 81.1. The molecule has 13 N–H and O–H groups in total. The number of piperidine rings is 1. The second kappa shape index (κ2) is 47.4. The van der Waals surface area contributed by atoms with E-state index in [1.54, 1.807) is 37.2 Å². The minimum Gasteiger partial charge on any atom is -0.396 e. The molecule has 20 rings (SSSR count). The van der Waals surface area contributed by atoms with Crippen molar-refractivity contribution in [2.75, 3.05) is 85.7 Å². The van der Waals surface area contributed by atoms with Gasteiger partial charge in [0.25, 0.3) is 0 Å². The molecule has 0 spiro atoms. The Bertz CT molecular complexity index is 5970. The molecule has 16 heterocycles. The van der Waals surface area contributed by atoms with Crippen LogP contribution in [0.5, 0.6) is 0 Å². The number of anilines is 10. The van der Waals surface area contributed by atoms with Crippen LogP contribution in [0, 0.1) is 11.8 Å². The van der Waals surface area contributed by atoms with Crippen LogP contribution in [0.4, 0.5) is 56.9 Å². The average Bonchev–Trinajstić information content (AvgIpc) is 1.60. The molecule has 694 valence electrons. The lowest BCUT2D eigenvalue weighted by Gasteiger charge is -2.37. The smallest absolute Gasteiger partial charge is 0.161 e. The van der Waals surface area contributed by atoms with E-state index in [2.05, 4.69) is 270 Å². The summed E-state index contributed by atoms with van der Waals surface area (Å²) in [7, 11) is 0. The number of halogens is 5. The molecule has 132 heavy (non-hydrogen) atoms. The first-order valence-corrected chi connectivity index (χ1v) is 49.4. The van der Waals surface area contributed by atoms with Crippen molar-refractivity contribution >= 4 is 165 Å². The molecule has 34 heteroatoms. The topological polar surface area (TPSA) is 343 Å². The lowest BCUT2D eigenvalue weighted by Crippen LogP contribution is -2.40. The van der Waals surface area contributed by atoms with Crippen LogP contribution in [0.25, 0.3) is 28.2 Å². The summed E-state index contributed by atoms with van der Waals surface area (Å²) in [6.45, 7) is 5.31. The van der Waals surface area contributed by atoms with E-state index in [-0.39, 0.29) is 39.4 Å². The highest BCUT2D eigenvalue weighted by atomic mass is 79.9. The van der Waals surface area contributed by atoms with Gasteiger partial charge in [0.15, 0.2) is 28.2 Å². The van der Waals surface area contributed by atoms with Gasteiger partial charge in [0, 0.05) is 188 Å². The zero-order valence-electron chi connectivity index (χ0n) is 73.2. The fourth-order valence-corrected chi connectivity index (χ4v) is 20.2. The fourth-order valence-electron chi connectivity index (χ4n) is 18.3. The quantitative estimate of drug-likeness (QED) is 0.0207. The van der Waals surface area contributed by atoms with Gasteiger partial charge in [-0.3, -0.25) is 46.9 Å². The minimum atomic E-state index is -0.221. The van der Waals surface area contributed by atoms with Crippen LogP contribution in [0.15, 0.2) is 238 Å². The summed E-state index contributed by atoms with van der Waals surface area (Å²) in [6.07, 6.45) is 60.6. The summed E-state index contributed by atoms with van der Waals surface area (Å²) in [5.74, 6) is 0.625. The summed E-state index contributed by atoms with van der Waals surface area (Å²) < 4.78 is 14.8. The molecule has 1 unspecified atom stereocenters. The molecule has 15 aromatic rings. The van der Waals surface area contributed by atoms with Crippen LogP contribution in [-0.2, 0) is 32.7 Å². The Balaban J connectivity index is 0.000000126. The highest BCUT2D eigenvalue weighted by molar-refractivity contribution is 9.11. The van der Waals surface area contributed by atoms with Crippen LogP contribution >= 0.6 is 79.6 Å². The van der Waals surface area contributed by atoms with Gasteiger partial charge in [-0.1, -0.05) is 89.1 Å². The van der Waals surface area contributed by atoms with Gasteiger partial charge >= 0.3 is 0 Å². The lowest BCUT2D eigenvalue weighted by molar-refractivity contribution is 0.178. The molecule has 1 saturated heterocycles. The van der Waals surface area contributed by atoms with E-state index in [9.17, 15) is 20.4 Å². The normalized spacial score (nSPS) is 17.6. The Kier molecular flexibility index (Phi) is 34.5. The summed E-state index contributed by atoms with van der Waals surface area (Å²) in [4.78, 5) is 45.9. The third-order valence-corrected chi connectivity index (χ3v) is 28.2. The van der Waals surface area contributed by atoms with E-state index >= 15 is 0 Å². The molecule has 5 atom stereocenters. The first kappa shape index (κ1) is 96.0. The maximum Gasteiger partial charge on any atom is 0.161 e. The van der Waals surface area contributed by atoms with Crippen LogP contribution < -0.4 is 52.8 Å². The first-order valence-electron chi connectivity index (χ1n) is 45.5. The van der Waals surface area contributed by atoms with Crippen molar-refractivity contribution in [3.8, 4) is 0 Å². The summed E-state index contributed by atoms with van der Waals surface area (Å²) in [6, 6.07) is 32.2. The Morgan fingerprint density at radius 1 is 0.356 bits per heavy atom. The largest absolute Gasteiger partial charge is 0.396 e. The number of aromatic nitrogens is 15. The molecule has 0 amide bonds. The van der Waals surface area contributed by atoms with Crippen molar-refractivity contribution in [2.24, 2.45) is 11.8 Å². The number of pyridine rings is 10. The monoisotopic (exact) mass is 2100 g/mol. The zero-order chi connectivity index (χ0) is 90.3. The van der Waals surface area contributed by atoms with Crippen molar-refractivity contribution in [2.45, 2.75) is 198 Å². The van der Waals surface area contributed by atoms with Crippen LogP contribution in [0.1, 0.15) is 164 Å². The molecule has 5 aliphatic rings. The van der Waals surface area contributed by atoms with Gasteiger partial charge in [-0.05, 0) is 245 Å². The number of rotatable bonds is 29. The Labute approximate surface area is 812 Å². The molecule has 1 aliphatic heterocycles. The number of nitrogens with one attached hydrogen (secondary N) is 9. The van der Waals surface area contributed by atoms with E-state index in [0.717, 1.165) is 213 Å². The lowest BCUT2D eigenvalue weighted by atomic mass is 9.85. The van der Waals surface area contributed by atoms with E-state index in [0.29, 0.717) is 62.2 Å². The van der Waals surface area contributed by atoms with Gasteiger partial charge in [0.2, 0.25) is 0 Å². The van der Waals surface area contributed by atoms with Crippen molar-refractivity contribution in [1.29, 1.82) is 0 Å². The number of nitrogens with zero attached hydrogens (tertiary/aromatic N) is 16. The molecule has 5 fully saturated rings. The van der Waals surface area contributed by atoms with Gasteiger partial charge in [-0.25, -0.2) is 24.9 Å². The SMILES string of the molecule is Brc1cnc2c(NCc3cccnc3)cc(NC3CCCC3)cn12.C.OCC1(Nc2cc(NCc3cccnc3)c3ncc(Br)n3c2)CCCC1.OCCC1CCCCN1c1cc(NCc2cccnc2)c2ncc(Br)n2c1.OC[C@@H]1CCCC[C@@H]1Nc1cc(NCc2cccnc2)c2ncc(Br)n2c1.OC[C@H]1CCCC[C@@H]1Nc1cc(NCc2cccnc2)c2ncc(Br)n2c1. The predicted molar refractivity (Wildman–Crippen MR) is 546 cm³/mol. The molecule has 4 saturated carbocycles. The summed E-state index contributed by atoms with van der Waals surface area (Å²) in [5.41, 5.74) is 20.0. The predicted octanol–water partition coefficient (Wildman–Crippen LogP) is 20.9. The molecule has 0 bridgehead atoms. The number of aliphatic hydroxyl groups is 4. The molecular weight excluding hydrogens is 1990 g/mol. The van der Waals surface area contributed by atoms with Gasteiger partial charge < -0.3 is 73.2 Å². The molecule has 0 aromatic carbocycles. The Hall–Kier alpha value is -10.6. The molecule has 4 aliphatic carbocycles. The van der Waals surface area contributed by atoms with E-state index in [1.165, 1.54) is 64.2 Å².